The molecule has 1 aromatic carbocycles. The number of carboxylic acid groups (broad SMARTS) is 1. The first-order chi connectivity index (χ1) is 10.2. The summed E-state index contributed by atoms with van der Waals surface area (Å²) in [6.07, 6.45) is 1.32. The zero-order valence-electron chi connectivity index (χ0n) is 13.7. The number of nitrogens with one attached hydrogen (secondary N) is 1. The lowest BCUT2D eigenvalue weighted by molar-refractivity contribution is -0.141. The first-order valence-electron chi connectivity index (χ1n) is 7.53. The van der Waals surface area contributed by atoms with Crippen molar-refractivity contribution >= 4 is 11.9 Å². The van der Waals surface area contributed by atoms with Crippen LogP contribution in [0.25, 0.3) is 0 Å². The van der Waals surface area contributed by atoms with Crippen molar-refractivity contribution in [2.75, 3.05) is 6.54 Å². The maximum Gasteiger partial charge on any atom is 0.308 e. The molecule has 1 unspecified atom stereocenters. The van der Waals surface area contributed by atoms with Crippen LogP contribution in [0.2, 0.25) is 0 Å². The Morgan fingerprint density at radius 2 is 1.82 bits per heavy atom. The Labute approximate surface area is 131 Å². The summed E-state index contributed by atoms with van der Waals surface area (Å²) in [6.45, 7) is 7.92. The van der Waals surface area contributed by atoms with Gasteiger partial charge in [0.15, 0.2) is 0 Å². The Bertz CT molecular complexity index is 502. The highest BCUT2D eigenvalue weighted by atomic mass is 16.5. The predicted octanol–water partition coefficient (Wildman–Crippen LogP) is 3.09. The quantitative estimate of drug-likeness (QED) is 0.811. The number of hydrogen-bond acceptors (Lipinski definition) is 3. The van der Waals surface area contributed by atoms with Gasteiger partial charge >= 0.3 is 5.97 Å². The van der Waals surface area contributed by atoms with Gasteiger partial charge in [-0.1, -0.05) is 13.3 Å². The molecule has 0 saturated carbocycles. The van der Waals surface area contributed by atoms with E-state index in [-0.39, 0.29) is 18.1 Å². The SMILES string of the molecule is CCCC(CNC(=O)c1ccc(OC(C)(C)C)cc1)C(=O)O. The summed E-state index contributed by atoms with van der Waals surface area (Å²) in [5, 5.41) is 11.7. The van der Waals surface area contributed by atoms with Crippen LogP contribution < -0.4 is 10.1 Å². The van der Waals surface area contributed by atoms with E-state index in [0.29, 0.717) is 17.7 Å². The molecule has 0 aromatic heterocycles. The highest BCUT2D eigenvalue weighted by Crippen LogP contribution is 2.18. The molecule has 0 spiro atoms. The fraction of sp³-hybridized carbons (Fsp3) is 0.529. The molecule has 0 saturated heterocycles. The third-order valence-corrected chi connectivity index (χ3v) is 3.04. The normalized spacial score (nSPS) is 12.5. The maximum atomic E-state index is 12.0. The lowest BCUT2D eigenvalue weighted by atomic mass is 10.0. The monoisotopic (exact) mass is 307 g/mol. The molecular weight excluding hydrogens is 282 g/mol. The predicted molar refractivity (Wildman–Crippen MR) is 85.2 cm³/mol. The molecule has 5 nitrogen and oxygen atoms in total. The number of hydrogen-bond donors (Lipinski definition) is 2. The number of carbonyl (C=O) groups is 2. The molecule has 5 heteroatoms. The van der Waals surface area contributed by atoms with Gasteiger partial charge in [-0.3, -0.25) is 9.59 Å². The van der Waals surface area contributed by atoms with E-state index < -0.39 is 11.9 Å². The summed E-state index contributed by atoms with van der Waals surface area (Å²) < 4.78 is 5.69. The summed E-state index contributed by atoms with van der Waals surface area (Å²) in [4.78, 5) is 23.1. The molecule has 1 rings (SSSR count). The molecule has 1 aromatic rings. The average molecular weight is 307 g/mol. The second-order valence-corrected chi connectivity index (χ2v) is 6.27. The van der Waals surface area contributed by atoms with Crippen LogP contribution in [0.3, 0.4) is 0 Å². The second-order valence-electron chi connectivity index (χ2n) is 6.27. The molecular formula is C17H25NO4. The summed E-state index contributed by atoms with van der Waals surface area (Å²) in [7, 11) is 0. The zero-order valence-corrected chi connectivity index (χ0v) is 13.7. The molecule has 1 atom stereocenters. The highest BCUT2D eigenvalue weighted by molar-refractivity contribution is 5.94. The van der Waals surface area contributed by atoms with Gasteiger partial charge in [0.2, 0.25) is 0 Å². The Morgan fingerprint density at radius 1 is 1.23 bits per heavy atom. The summed E-state index contributed by atoms with van der Waals surface area (Å²) in [6, 6.07) is 6.82. The molecule has 0 radical (unpaired) electrons. The minimum atomic E-state index is -0.879. The number of carbonyl (C=O) groups excluding carboxylic acids is 1. The second kappa shape index (κ2) is 7.82. The van der Waals surface area contributed by atoms with Crippen LogP contribution in [0.15, 0.2) is 24.3 Å². The van der Waals surface area contributed by atoms with E-state index in [2.05, 4.69) is 5.32 Å². The molecule has 122 valence electrons. The first-order valence-corrected chi connectivity index (χ1v) is 7.53. The first kappa shape index (κ1) is 18.0. The molecule has 0 fully saturated rings. The molecule has 0 aliphatic rings. The van der Waals surface area contributed by atoms with E-state index in [1.807, 2.05) is 27.7 Å². The minimum Gasteiger partial charge on any atom is -0.488 e. The van der Waals surface area contributed by atoms with Gasteiger partial charge in [0.25, 0.3) is 5.91 Å². The number of carboxylic acids is 1. The van der Waals surface area contributed by atoms with Crippen LogP contribution in [0.5, 0.6) is 5.75 Å². The van der Waals surface area contributed by atoms with Gasteiger partial charge in [-0.05, 0) is 51.5 Å². The standard InChI is InChI=1S/C17H25NO4/c1-5-6-13(16(20)21)11-18-15(19)12-7-9-14(10-8-12)22-17(2,3)4/h7-10,13H,5-6,11H2,1-4H3,(H,18,19)(H,20,21). The summed E-state index contributed by atoms with van der Waals surface area (Å²) in [5.74, 6) is -1.00. The van der Waals surface area contributed by atoms with Crippen LogP contribution >= 0.6 is 0 Å². The third-order valence-electron chi connectivity index (χ3n) is 3.04. The van der Waals surface area contributed by atoms with Crippen molar-refractivity contribution in [2.24, 2.45) is 5.92 Å². The van der Waals surface area contributed by atoms with Gasteiger partial charge in [0.1, 0.15) is 11.4 Å². The van der Waals surface area contributed by atoms with Gasteiger partial charge in [-0.15, -0.1) is 0 Å². The number of benzene rings is 1. The molecule has 0 bridgehead atoms. The fourth-order valence-corrected chi connectivity index (χ4v) is 2.01. The van der Waals surface area contributed by atoms with Crippen LogP contribution in [-0.4, -0.2) is 29.1 Å². The van der Waals surface area contributed by atoms with Gasteiger partial charge in [0.05, 0.1) is 5.92 Å². The Kier molecular flexibility index (Phi) is 6.40. The van der Waals surface area contributed by atoms with Crippen molar-refractivity contribution in [3.63, 3.8) is 0 Å². The van der Waals surface area contributed by atoms with Gasteiger partial charge in [-0.25, -0.2) is 0 Å². The molecule has 0 aliphatic carbocycles. The van der Waals surface area contributed by atoms with Crippen molar-refractivity contribution in [3.05, 3.63) is 29.8 Å². The van der Waals surface area contributed by atoms with Crippen molar-refractivity contribution in [1.82, 2.24) is 5.32 Å². The molecule has 1 amide bonds. The largest absolute Gasteiger partial charge is 0.488 e. The average Bonchev–Trinajstić information content (AvgIpc) is 2.41. The molecule has 0 aliphatic heterocycles. The number of amides is 1. The Hall–Kier alpha value is -2.04. The highest BCUT2D eigenvalue weighted by Gasteiger charge is 2.18. The van der Waals surface area contributed by atoms with Crippen molar-refractivity contribution in [2.45, 2.75) is 46.1 Å². The van der Waals surface area contributed by atoms with E-state index >= 15 is 0 Å². The minimum absolute atomic E-state index is 0.141. The van der Waals surface area contributed by atoms with Gasteiger partial charge in [-0.2, -0.15) is 0 Å². The lowest BCUT2D eigenvalue weighted by Crippen LogP contribution is -2.32. The van der Waals surface area contributed by atoms with Crippen molar-refractivity contribution in [1.29, 1.82) is 0 Å². The Balaban J connectivity index is 2.60. The zero-order chi connectivity index (χ0) is 16.8. The van der Waals surface area contributed by atoms with E-state index in [9.17, 15) is 9.59 Å². The summed E-state index contributed by atoms with van der Waals surface area (Å²) >= 11 is 0. The van der Waals surface area contributed by atoms with Gasteiger partial charge < -0.3 is 15.2 Å². The number of aliphatic carboxylic acids is 1. The fourth-order valence-electron chi connectivity index (χ4n) is 2.01. The topological polar surface area (TPSA) is 75.6 Å². The van der Waals surface area contributed by atoms with Crippen LogP contribution in [-0.2, 0) is 4.79 Å². The molecule has 22 heavy (non-hydrogen) atoms. The third kappa shape index (κ3) is 6.16. The van der Waals surface area contributed by atoms with Crippen molar-refractivity contribution < 1.29 is 19.4 Å². The summed E-state index contributed by atoms with van der Waals surface area (Å²) in [5.41, 5.74) is 0.195. The smallest absolute Gasteiger partial charge is 0.308 e. The molecule has 2 N–H and O–H groups in total. The lowest BCUT2D eigenvalue weighted by Gasteiger charge is -2.21. The van der Waals surface area contributed by atoms with Crippen LogP contribution in [0, 0.1) is 5.92 Å². The van der Waals surface area contributed by atoms with E-state index in [1.54, 1.807) is 24.3 Å². The van der Waals surface area contributed by atoms with Crippen LogP contribution in [0.4, 0.5) is 0 Å². The molecule has 0 heterocycles. The van der Waals surface area contributed by atoms with Crippen molar-refractivity contribution in [3.8, 4) is 5.75 Å². The van der Waals surface area contributed by atoms with Gasteiger partial charge in [0, 0.05) is 12.1 Å². The maximum absolute atomic E-state index is 12.0. The van der Waals surface area contributed by atoms with E-state index in [4.69, 9.17) is 9.84 Å². The Morgan fingerprint density at radius 3 is 2.27 bits per heavy atom. The van der Waals surface area contributed by atoms with E-state index in [1.165, 1.54) is 0 Å². The number of ether oxygens (including phenoxy) is 1. The number of rotatable bonds is 7. The van der Waals surface area contributed by atoms with Crippen LogP contribution in [0.1, 0.15) is 50.9 Å². The van der Waals surface area contributed by atoms with E-state index in [0.717, 1.165) is 6.42 Å².